The summed E-state index contributed by atoms with van der Waals surface area (Å²) >= 11 is 9.60. The molecule has 0 radical (unpaired) electrons. The topological polar surface area (TPSA) is 24.9 Å². The largest absolute Gasteiger partial charge is 0.366 e. The van der Waals surface area contributed by atoms with Crippen molar-refractivity contribution >= 4 is 33.3 Å². The number of hydrogen-bond donors (Lipinski definition) is 1. The first-order chi connectivity index (χ1) is 8.70. The van der Waals surface area contributed by atoms with E-state index in [1.54, 1.807) is 6.20 Å². The minimum absolute atomic E-state index is 0.497. The number of anilines is 1. The van der Waals surface area contributed by atoms with Crippen molar-refractivity contribution in [3.8, 4) is 0 Å². The molecule has 1 atom stereocenters. The van der Waals surface area contributed by atoms with Crippen molar-refractivity contribution in [1.82, 2.24) is 4.98 Å². The van der Waals surface area contributed by atoms with E-state index in [-0.39, 0.29) is 0 Å². The Labute approximate surface area is 123 Å². The number of hydrogen-bond acceptors (Lipinski definition) is 2. The lowest BCUT2D eigenvalue weighted by atomic mass is 9.83. The Balaban J connectivity index is 2.04. The zero-order valence-electron chi connectivity index (χ0n) is 10.8. The van der Waals surface area contributed by atoms with Gasteiger partial charge in [-0.1, -0.05) is 37.8 Å². The molecule has 1 heterocycles. The molecule has 2 rings (SSSR count). The van der Waals surface area contributed by atoms with E-state index < -0.39 is 0 Å². The van der Waals surface area contributed by atoms with Crippen molar-refractivity contribution in [3.05, 3.63) is 21.8 Å². The van der Waals surface area contributed by atoms with Gasteiger partial charge in [-0.05, 0) is 47.2 Å². The van der Waals surface area contributed by atoms with Gasteiger partial charge < -0.3 is 5.32 Å². The molecule has 1 aliphatic rings. The van der Waals surface area contributed by atoms with Gasteiger partial charge in [-0.25, -0.2) is 4.98 Å². The first-order valence-electron chi connectivity index (χ1n) is 6.78. The summed E-state index contributed by atoms with van der Waals surface area (Å²) in [7, 11) is 0. The summed E-state index contributed by atoms with van der Waals surface area (Å²) in [6, 6.07) is 2.39. The van der Waals surface area contributed by atoms with E-state index in [0.717, 1.165) is 22.6 Å². The Bertz CT molecular complexity index is 391. The highest BCUT2D eigenvalue weighted by molar-refractivity contribution is 9.10. The fourth-order valence-electron chi connectivity index (χ4n) is 2.79. The van der Waals surface area contributed by atoms with Gasteiger partial charge in [-0.2, -0.15) is 0 Å². The Morgan fingerprint density at radius 3 is 2.78 bits per heavy atom. The van der Waals surface area contributed by atoms with Crippen molar-refractivity contribution in [2.24, 2.45) is 5.92 Å². The van der Waals surface area contributed by atoms with Gasteiger partial charge in [0.2, 0.25) is 0 Å². The fraction of sp³-hybridized carbons (Fsp3) is 0.643. The maximum absolute atomic E-state index is 6.21. The molecule has 0 aromatic carbocycles. The smallest absolute Gasteiger partial charge is 0.145 e. The van der Waals surface area contributed by atoms with Crippen LogP contribution in [0, 0.1) is 5.92 Å². The van der Waals surface area contributed by atoms with Gasteiger partial charge in [-0.15, -0.1) is 0 Å². The number of rotatable bonds is 4. The number of halogens is 2. The molecule has 4 heteroatoms. The Morgan fingerprint density at radius 2 is 2.17 bits per heavy atom. The average molecular weight is 332 g/mol. The van der Waals surface area contributed by atoms with Crippen molar-refractivity contribution in [1.29, 1.82) is 0 Å². The highest BCUT2D eigenvalue weighted by Gasteiger charge is 2.23. The standard InChI is InChI=1S/C14H20BrClN2/c1-2-13(10-6-4-3-5-7-10)18-14-12(16)8-11(15)9-17-14/h8-10,13H,2-7H2,1H3,(H,17,18). The van der Waals surface area contributed by atoms with Crippen LogP contribution in [0.3, 0.4) is 0 Å². The second-order valence-corrected chi connectivity index (χ2v) is 6.36. The second kappa shape index (κ2) is 6.76. The van der Waals surface area contributed by atoms with Crippen LogP contribution in [0.25, 0.3) is 0 Å². The highest BCUT2D eigenvalue weighted by atomic mass is 79.9. The van der Waals surface area contributed by atoms with Crippen molar-refractivity contribution in [2.45, 2.75) is 51.5 Å². The van der Waals surface area contributed by atoms with E-state index in [1.807, 2.05) is 6.07 Å². The minimum atomic E-state index is 0.497. The molecular weight excluding hydrogens is 312 g/mol. The normalized spacial score (nSPS) is 18.6. The third-order valence-corrected chi connectivity index (χ3v) is 4.51. The molecule has 18 heavy (non-hydrogen) atoms. The van der Waals surface area contributed by atoms with Crippen molar-refractivity contribution < 1.29 is 0 Å². The predicted molar refractivity (Wildman–Crippen MR) is 81.2 cm³/mol. The molecule has 1 fully saturated rings. The molecule has 1 N–H and O–H groups in total. The Morgan fingerprint density at radius 1 is 1.44 bits per heavy atom. The molecule has 0 spiro atoms. The lowest BCUT2D eigenvalue weighted by Gasteiger charge is -2.30. The van der Waals surface area contributed by atoms with Gasteiger partial charge in [0.15, 0.2) is 0 Å². The van der Waals surface area contributed by atoms with Crippen LogP contribution in [0.5, 0.6) is 0 Å². The number of nitrogens with zero attached hydrogens (tertiary/aromatic N) is 1. The van der Waals surface area contributed by atoms with Gasteiger partial charge in [0.25, 0.3) is 0 Å². The first-order valence-corrected chi connectivity index (χ1v) is 7.95. The van der Waals surface area contributed by atoms with Crippen LogP contribution in [0.15, 0.2) is 16.7 Å². The zero-order chi connectivity index (χ0) is 13.0. The average Bonchev–Trinajstić information content (AvgIpc) is 2.39. The summed E-state index contributed by atoms with van der Waals surface area (Å²) in [4.78, 5) is 4.37. The van der Waals surface area contributed by atoms with Gasteiger partial charge >= 0.3 is 0 Å². The van der Waals surface area contributed by atoms with E-state index in [1.165, 1.54) is 32.1 Å². The lowest BCUT2D eigenvalue weighted by molar-refractivity contribution is 0.312. The van der Waals surface area contributed by atoms with E-state index in [9.17, 15) is 0 Å². The van der Waals surface area contributed by atoms with Crippen LogP contribution in [0.1, 0.15) is 45.4 Å². The summed E-state index contributed by atoms with van der Waals surface area (Å²) in [6.07, 6.45) is 9.71. The first kappa shape index (κ1) is 14.1. The van der Waals surface area contributed by atoms with Gasteiger partial charge in [0.05, 0.1) is 5.02 Å². The predicted octanol–water partition coefficient (Wildman–Crippen LogP) is 5.27. The van der Waals surface area contributed by atoms with Gasteiger partial charge in [-0.3, -0.25) is 0 Å². The number of pyridine rings is 1. The Hall–Kier alpha value is -0.280. The molecule has 1 aromatic heterocycles. The van der Waals surface area contributed by atoms with Gasteiger partial charge in [0, 0.05) is 16.7 Å². The summed E-state index contributed by atoms with van der Waals surface area (Å²) < 4.78 is 0.920. The van der Waals surface area contributed by atoms with Crippen molar-refractivity contribution in [3.63, 3.8) is 0 Å². The summed E-state index contributed by atoms with van der Waals surface area (Å²) in [5.41, 5.74) is 0. The maximum atomic E-state index is 6.21. The van der Waals surface area contributed by atoms with Crippen LogP contribution in [-0.2, 0) is 0 Å². The van der Waals surface area contributed by atoms with Gasteiger partial charge in [0.1, 0.15) is 5.82 Å². The van der Waals surface area contributed by atoms with E-state index in [2.05, 4.69) is 33.2 Å². The van der Waals surface area contributed by atoms with E-state index >= 15 is 0 Å². The molecule has 0 bridgehead atoms. The van der Waals surface area contributed by atoms with Crippen LogP contribution in [-0.4, -0.2) is 11.0 Å². The molecule has 0 aliphatic heterocycles. The van der Waals surface area contributed by atoms with Crippen LogP contribution < -0.4 is 5.32 Å². The van der Waals surface area contributed by atoms with E-state index in [0.29, 0.717) is 11.1 Å². The highest BCUT2D eigenvalue weighted by Crippen LogP contribution is 2.31. The molecule has 0 amide bonds. The summed E-state index contributed by atoms with van der Waals surface area (Å²) in [5.74, 6) is 1.59. The molecule has 1 aromatic rings. The van der Waals surface area contributed by atoms with E-state index in [4.69, 9.17) is 11.6 Å². The molecule has 2 nitrogen and oxygen atoms in total. The SMILES string of the molecule is CCC(Nc1ncc(Br)cc1Cl)C1CCCCC1. The fourth-order valence-corrected chi connectivity index (χ4v) is 3.47. The second-order valence-electron chi connectivity index (χ2n) is 5.04. The molecule has 100 valence electrons. The summed E-state index contributed by atoms with van der Waals surface area (Å²) in [6.45, 7) is 2.24. The summed E-state index contributed by atoms with van der Waals surface area (Å²) in [5, 5.41) is 4.22. The molecule has 1 unspecified atom stereocenters. The maximum Gasteiger partial charge on any atom is 0.145 e. The minimum Gasteiger partial charge on any atom is -0.366 e. The molecule has 1 saturated carbocycles. The zero-order valence-corrected chi connectivity index (χ0v) is 13.1. The van der Waals surface area contributed by atoms with Crippen LogP contribution >= 0.6 is 27.5 Å². The quantitative estimate of drug-likeness (QED) is 0.813. The van der Waals surface area contributed by atoms with Crippen molar-refractivity contribution in [2.75, 3.05) is 5.32 Å². The van der Waals surface area contributed by atoms with Crippen LogP contribution in [0.4, 0.5) is 5.82 Å². The third-order valence-electron chi connectivity index (χ3n) is 3.79. The third kappa shape index (κ3) is 3.61. The Kier molecular flexibility index (Phi) is 5.31. The molecular formula is C14H20BrClN2. The monoisotopic (exact) mass is 330 g/mol. The number of aromatic nitrogens is 1. The molecule has 1 aliphatic carbocycles. The number of nitrogens with one attached hydrogen (secondary N) is 1. The molecule has 0 saturated heterocycles. The van der Waals surface area contributed by atoms with Crippen LogP contribution in [0.2, 0.25) is 5.02 Å². The lowest BCUT2D eigenvalue weighted by Crippen LogP contribution is -2.30.